The van der Waals surface area contributed by atoms with E-state index in [0.29, 0.717) is 21.5 Å². The molecule has 0 unspecified atom stereocenters. The lowest BCUT2D eigenvalue weighted by Crippen LogP contribution is -2.36. The van der Waals surface area contributed by atoms with E-state index in [0.717, 1.165) is 17.6 Å². The molecule has 2 N–H and O–H groups in total. The second kappa shape index (κ2) is 10.8. The van der Waals surface area contributed by atoms with E-state index in [9.17, 15) is 19.2 Å². The number of carbonyl (C=O) groups excluding carboxylic acids is 4. The molecule has 0 atom stereocenters. The molecule has 1 aliphatic heterocycles. The zero-order valence-electron chi connectivity index (χ0n) is 18.6. The molecule has 2 aromatic rings. The van der Waals surface area contributed by atoms with Crippen molar-refractivity contribution in [2.45, 2.75) is 6.92 Å². The number of carbonyl (C=O) groups is 4. The molecule has 1 heterocycles. The number of ether oxygens (including phenoxy) is 3. The molecule has 0 saturated carbocycles. The van der Waals surface area contributed by atoms with Crippen LogP contribution in [0.3, 0.4) is 0 Å². The Morgan fingerprint density at radius 3 is 2.50 bits per heavy atom. The third kappa shape index (κ3) is 5.93. The van der Waals surface area contributed by atoms with Crippen LogP contribution in [0.4, 0.5) is 10.5 Å². The summed E-state index contributed by atoms with van der Waals surface area (Å²) in [5.41, 5.74) is 2.21. The number of esters is 1. The van der Waals surface area contributed by atoms with Gasteiger partial charge in [0.1, 0.15) is 12.2 Å². The summed E-state index contributed by atoms with van der Waals surface area (Å²) in [5, 5.41) is 5.16. The molecular weight excluding hydrogens is 510 g/mol. The Morgan fingerprint density at radius 2 is 1.85 bits per heavy atom. The molecular formula is C23H22BrN3O7. The zero-order chi connectivity index (χ0) is 24.8. The van der Waals surface area contributed by atoms with E-state index in [1.54, 1.807) is 24.3 Å². The number of nitrogens with one attached hydrogen (secondary N) is 2. The Kier molecular flexibility index (Phi) is 7.90. The molecule has 1 fully saturated rings. The first-order valence-electron chi connectivity index (χ1n) is 10.00. The van der Waals surface area contributed by atoms with Crippen molar-refractivity contribution in [1.82, 2.24) is 10.2 Å². The van der Waals surface area contributed by atoms with Gasteiger partial charge in [-0.3, -0.25) is 14.4 Å². The Labute approximate surface area is 204 Å². The molecule has 3 rings (SSSR count). The smallest absolute Gasteiger partial charge is 0.329 e. The highest BCUT2D eigenvalue weighted by Crippen LogP contribution is 2.37. The number of aryl methyl sites for hydroxylation is 1. The fraction of sp³-hybridized carbons (Fsp3) is 0.217. The standard InChI is InChI=1S/C23H22BrN3O7/c1-13-4-6-15(7-5-13)25-19(28)12-34-21-16(24)8-14(10-18(21)32-2)9-17-22(30)27(23(31)26-17)11-20(29)33-3/h4-10H,11-12H2,1-3H3,(H,25,28)(H,26,31)/b17-9+. The van der Waals surface area contributed by atoms with Crippen molar-refractivity contribution in [3.63, 3.8) is 0 Å². The first-order valence-corrected chi connectivity index (χ1v) is 10.8. The predicted octanol–water partition coefficient (Wildman–Crippen LogP) is 2.85. The van der Waals surface area contributed by atoms with Gasteiger partial charge in [-0.05, 0) is 58.8 Å². The molecule has 0 radical (unpaired) electrons. The summed E-state index contributed by atoms with van der Waals surface area (Å²) in [7, 11) is 2.59. The fourth-order valence-corrected chi connectivity index (χ4v) is 3.58. The number of amides is 4. The number of hydrogen-bond acceptors (Lipinski definition) is 7. The molecule has 178 valence electrons. The number of nitrogens with zero attached hydrogens (tertiary/aromatic N) is 1. The maximum Gasteiger partial charge on any atom is 0.329 e. The second-order valence-electron chi connectivity index (χ2n) is 7.19. The highest BCUT2D eigenvalue weighted by Gasteiger charge is 2.35. The van der Waals surface area contributed by atoms with Crippen LogP contribution in [0.15, 0.2) is 46.6 Å². The van der Waals surface area contributed by atoms with Crippen molar-refractivity contribution >= 4 is 51.5 Å². The van der Waals surface area contributed by atoms with Crippen molar-refractivity contribution in [1.29, 1.82) is 0 Å². The van der Waals surface area contributed by atoms with Gasteiger partial charge >= 0.3 is 12.0 Å². The molecule has 0 bridgehead atoms. The van der Waals surface area contributed by atoms with Crippen LogP contribution < -0.4 is 20.1 Å². The van der Waals surface area contributed by atoms with Gasteiger partial charge in [-0.1, -0.05) is 17.7 Å². The van der Waals surface area contributed by atoms with E-state index < -0.39 is 24.5 Å². The molecule has 0 spiro atoms. The maximum absolute atomic E-state index is 12.5. The van der Waals surface area contributed by atoms with Gasteiger partial charge in [-0.25, -0.2) is 9.69 Å². The third-order valence-electron chi connectivity index (χ3n) is 4.72. The Hall–Kier alpha value is -3.86. The molecule has 1 saturated heterocycles. The first kappa shape index (κ1) is 24.8. The van der Waals surface area contributed by atoms with E-state index in [4.69, 9.17) is 9.47 Å². The number of imide groups is 1. The maximum atomic E-state index is 12.5. The molecule has 2 aromatic carbocycles. The topological polar surface area (TPSA) is 123 Å². The summed E-state index contributed by atoms with van der Waals surface area (Å²) in [5.74, 6) is -1.15. The summed E-state index contributed by atoms with van der Waals surface area (Å²) in [6, 6.07) is 9.83. The number of urea groups is 1. The Balaban J connectivity index is 1.72. The summed E-state index contributed by atoms with van der Waals surface area (Å²) in [6.45, 7) is 1.19. The highest BCUT2D eigenvalue weighted by molar-refractivity contribution is 9.10. The van der Waals surface area contributed by atoms with Gasteiger partial charge in [0.15, 0.2) is 18.1 Å². The minimum atomic E-state index is -0.729. The van der Waals surface area contributed by atoms with Crippen LogP contribution in [0.1, 0.15) is 11.1 Å². The van der Waals surface area contributed by atoms with E-state index in [-0.39, 0.29) is 24.0 Å². The number of rotatable bonds is 8. The fourth-order valence-electron chi connectivity index (χ4n) is 3.01. The minimum Gasteiger partial charge on any atom is -0.493 e. The van der Waals surface area contributed by atoms with Crippen molar-refractivity contribution in [2.24, 2.45) is 0 Å². The van der Waals surface area contributed by atoms with Gasteiger partial charge < -0.3 is 24.8 Å². The van der Waals surface area contributed by atoms with Crippen LogP contribution in [0.5, 0.6) is 11.5 Å². The van der Waals surface area contributed by atoms with E-state index in [1.807, 2.05) is 19.1 Å². The van der Waals surface area contributed by atoms with E-state index in [1.165, 1.54) is 13.2 Å². The normalized spacial score (nSPS) is 14.1. The van der Waals surface area contributed by atoms with Crippen LogP contribution >= 0.6 is 15.9 Å². The van der Waals surface area contributed by atoms with Crippen molar-refractivity contribution in [3.05, 3.63) is 57.7 Å². The van der Waals surface area contributed by atoms with Gasteiger partial charge in [0.05, 0.1) is 18.7 Å². The lowest BCUT2D eigenvalue weighted by molar-refractivity contribution is -0.143. The largest absolute Gasteiger partial charge is 0.493 e. The van der Waals surface area contributed by atoms with Crippen LogP contribution in [0.2, 0.25) is 0 Å². The van der Waals surface area contributed by atoms with Crippen molar-refractivity contribution in [2.75, 3.05) is 32.7 Å². The van der Waals surface area contributed by atoms with Gasteiger partial charge in [0.25, 0.3) is 11.8 Å². The zero-order valence-corrected chi connectivity index (χ0v) is 20.2. The van der Waals surface area contributed by atoms with Crippen molar-refractivity contribution in [3.8, 4) is 11.5 Å². The lowest BCUT2D eigenvalue weighted by atomic mass is 10.1. The molecule has 11 heteroatoms. The summed E-state index contributed by atoms with van der Waals surface area (Å²) in [4.78, 5) is 48.9. The number of benzene rings is 2. The summed E-state index contributed by atoms with van der Waals surface area (Å²) in [6.07, 6.45) is 1.43. The van der Waals surface area contributed by atoms with E-state index in [2.05, 4.69) is 31.3 Å². The molecule has 34 heavy (non-hydrogen) atoms. The van der Waals surface area contributed by atoms with Crippen LogP contribution in [-0.2, 0) is 19.1 Å². The molecule has 0 aromatic heterocycles. The average Bonchev–Trinajstić information content (AvgIpc) is 3.06. The number of methoxy groups -OCH3 is 2. The quantitative estimate of drug-likeness (QED) is 0.305. The van der Waals surface area contributed by atoms with Gasteiger partial charge in [0.2, 0.25) is 0 Å². The molecule has 10 nitrogen and oxygen atoms in total. The monoisotopic (exact) mass is 531 g/mol. The highest BCUT2D eigenvalue weighted by atomic mass is 79.9. The Morgan fingerprint density at radius 1 is 1.15 bits per heavy atom. The van der Waals surface area contributed by atoms with Gasteiger partial charge in [-0.2, -0.15) is 0 Å². The van der Waals surface area contributed by atoms with Crippen molar-refractivity contribution < 1.29 is 33.4 Å². The van der Waals surface area contributed by atoms with Gasteiger partial charge in [-0.15, -0.1) is 0 Å². The molecule has 1 aliphatic rings. The summed E-state index contributed by atoms with van der Waals surface area (Å²) >= 11 is 3.38. The van der Waals surface area contributed by atoms with Crippen LogP contribution in [0.25, 0.3) is 6.08 Å². The van der Waals surface area contributed by atoms with Gasteiger partial charge in [0, 0.05) is 5.69 Å². The lowest BCUT2D eigenvalue weighted by Gasteiger charge is -2.14. The Bertz CT molecular complexity index is 1160. The molecule has 0 aliphatic carbocycles. The summed E-state index contributed by atoms with van der Waals surface area (Å²) < 4.78 is 16.0. The average molecular weight is 532 g/mol. The van der Waals surface area contributed by atoms with E-state index >= 15 is 0 Å². The number of halogens is 1. The first-order chi connectivity index (χ1) is 16.2. The minimum absolute atomic E-state index is 0.0194. The third-order valence-corrected chi connectivity index (χ3v) is 5.31. The van der Waals surface area contributed by atoms with Crippen LogP contribution in [-0.4, -0.2) is 56.1 Å². The molecule has 4 amide bonds. The SMILES string of the molecule is COC(=O)CN1C(=O)N/C(=C/c2cc(Br)c(OCC(=O)Nc3ccc(C)cc3)c(OC)c2)C1=O. The van der Waals surface area contributed by atoms with Crippen LogP contribution in [0, 0.1) is 6.92 Å². The predicted molar refractivity (Wildman–Crippen MR) is 126 cm³/mol. The number of hydrogen-bond donors (Lipinski definition) is 2. The number of anilines is 1. The second-order valence-corrected chi connectivity index (χ2v) is 8.05.